The molecule has 0 fully saturated rings. The van der Waals surface area contributed by atoms with Crippen LogP contribution in [0.5, 0.6) is 11.5 Å². The normalized spacial score (nSPS) is 13.2. The Bertz CT molecular complexity index is 640. The van der Waals surface area contributed by atoms with Gasteiger partial charge in [-0.05, 0) is 22.6 Å². The molecule has 1 aromatic heterocycles. The van der Waals surface area contributed by atoms with Crippen molar-refractivity contribution in [1.29, 1.82) is 0 Å². The lowest BCUT2D eigenvalue weighted by molar-refractivity contribution is -0.137. The Hall–Kier alpha value is -2.64. The third-order valence-electron chi connectivity index (χ3n) is 2.88. The zero-order valence-corrected chi connectivity index (χ0v) is 10.5. The van der Waals surface area contributed by atoms with Crippen molar-refractivity contribution in [3.05, 3.63) is 18.2 Å². The molecule has 2 aromatic rings. The maximum atomic E-state index is 10.6. The highest BCUT2D eigenvalue weighted by Gasteiger charge is 2.20. The second kappa shape index (κ2) is 5.16. The van der Waals surface area contributed by atoms with E-state index in [-0.39, 0.29) is 13.0 Å². The summed E-state index contributed by atoms with van der Waals surface area (Å²) in [6.45, 7) is 1.16. The minimum atomic E-state index is -0.902. The van der Waals surface area contributed by atoms with Crippen molar-refractivity contribution in [1.82, 2.24) is 20.2 Å². The number of carbonyl (C=O) groups is 1. The summed E-state index contributed by atoms with van der Waals surface area (Å²) in [6, 6.07) is 5.44. The third-order valence-corrected chi connectivity index (χ3v) is 2.88. The van der Waals surface area contributed by atoms with Crippen LogP contribution in [0.2, 0.25) is 0 Å². The highest BCUT2D eigenvalue weighted by atomic mass is 16.6. The van der Waals surface area contributed by atoms with Crippen molar-refractivity contribution in [3.63, 3.8) is 0 Å². The molecular formula is C12H12N4O4. The van der Waals surface area contributed by atoms with Gasteiger partial charge in [0.15, 0.2) is 17.3 Å². The second-order valence-corrected chi connectivity index (χ2v) is 4.20. The van der Waals surface area contributed by atoms with Gasteiger partial charge in [-0.3, -0.25) is 4.79 Å². The summed E-state index contributed by atoms with van der Waals surface area (Å²) >= 11 is 0. The Morgan fingerprint density at radius 1 is 1.35 bits per heavy atom. The van der Waals surface area contributed by atoms with E-state index >= 15 is 0 Å². The largest absolute Gasteiger partial charge is 0.486 e. The first-order chi connectivity index (χ1) is 9.75. The van der Waals surface area contributed by atoms with Crippen molar-refractivity contribution in [2.75, 3.05) is 13.2 Å². The monoisotopic (exact) mass is 276 g/mol. The van der Waals surface area contributed by atoms with Crippen LogP contribution in [0, 0.1) is 0 Å². The molecule has 0 aliphatic carbocycles. The molecular weight excluding hydrogens is 264 g/mol. The predicted octanol–water partition coefficient (Wildman–Crippen LogP) is 0.586. The van der Waals surface area contributed by atoms with Crippen LogP contribution in [0.1, 0.15) is 6.42 Å². The number of ether oxygens (including phenoxy) is 2. The highest BCUT2D eigenvalue weighted by molar-refractivity contribution is 5.69. The number of aliphatic carboxylic acids is 1. The molecule has 8 heteroatoms. The number of benzene rings is 1. The van der Waals surface area contributed by atoms with Gasteiger partial charge in [0.05, 0.1) is 18.5 Å². The van der Waals surface area contributed by atoms with E-state index in [0.717, 1.165) is 0 Å². The summed E-state index contributed by atoms with van der Waals surface area (Å²) in [6.07, 6.45) is -0.0512. The lowest BCUT2D eigenvalue weighted by atomic mass is 10.1. The first-order valence-corrected chi connectivity index (χ1v) is 6.12. The van der Waals surface area contributed by atoms with E-state index in [1.807, 2.05) is 18.2 Å². The number of hydrogen-bond donors (Lipinski definition) is 1. The van der Waals surface area contributed by atoms with Crippen LogP contribution in [-0.2, 0) is 11.3 Å². The molecule has 0 spiro atoms. The quantitative estimate of drug-likeness (QED) is 0.872. The summed E-state index contributed by atoms with van der Waals surface area (Å²) in [5, 5.41) is 20.1. The van der Waals surface area contributed by atoms with Gasteiger partial charge in [0.1, 0.15) is 13.2 Å². The van der Waals surface area contributed by atoms with Crippen molar-refractivity contribution >= 4 is 5.97 Å². The van der Waals surface area contributed by atoms with Crippen LogP contribution in [-0.4, -0.2) is 44.5 Å². The van der Waals surface area contributed by atoms with E-state index in [2.05, 4.69) is 15.5 Å². The van der Waals surface area contributed by atoms with Gasteiger partial charge in [-0.1, -0.05) is 6.07 Å². The highest BCUT2D eigenvalue weighted by Crippen LogP contribution is 2.38. The molecule has 0 atom stereocenters. The number of fused-ring (bicyclic) bond motifs is 1. The van der Waals surface area contributed by atoms with Gasteiger partial charge in [0, 0.05) is 0 Å². The number of hydrogen-bond acceptors (Lipinski definition) is 6. The van der Waals surface area contributed by atoms with E-state index < -0.39 is 5.97 Å². The maximum Gasteiger partial charge on any atom is 0.305 e. The molecule has 3 rings (SSSR count). The molecule has 1 N–H and O–H groups in total. The standard InChI is InChI=1S/C12H12N4O4/c17-10(18)4-5-16-12(13-14-15-16)8-2-1-3-9-11(8)20-7-6-19-9/h1-3H,4-7H2,(H,17,18). The Labute approximate surface area is 113 Å². The molecule has 0 amide bonds. The number of carboxylic acids is 1. The summed E-state index contributed by atoms with van der Waals surface area (Å²) in [5.74, 6) is 0.793. The number of aromatic nitrogens is 4. The minimum absolute atomic E-state index is 0.0512. The van der Waals surface area contributed by atoms with E-state index in [1.54, 1.807) is 0 Å². The average molecular weight is 276 g/mol. The number of rotatable bonds is 4. The molecule has 8 nitrogen and oxygen atoms in total. The summed E-state index contributed by atoms with van der Waals surface area (Å²) in [4.78, 5) is 10.6. The maximum absolute atomic E-state index is 10.6. The number of nitrogens with zero attached hydrogens (tertiary/aromatic N) is 4. The first-order valence-electron chi connectivity index (χ1n) is 6.12. The molecule has 0 bridgehead atoms. The molecule has 0 saturated carbocycles. The van der Waals surface area contributed by atoms with Crippen molar-refractivity contribution in [3.8, 4) is 22.9 Å². The molecule has 0 unspecified atom stereocenters. The van der Waals surface area contributed by atoms with Crippen molar-refractivity contribution in [2.45, 2.75) is 13.0 Å². The van der Waals surface area contributed by atoms with Gasteiger partial charge in [-0.2, -0.15) is 0 Å². The first kappa shape index (κ1) is 12.4. The minimum Gasteiger partial charge on any atom is -0.486 e. The van der Waals surface area contributed by atoms with E-state index in [4.69, 9.17) is 14.6 Å². The van der Waals surface area contributed by atoms with Gasteiger partial charge in [-0.25, -0.2) is 4.68 Å². The van der Waals surface area contributed by atoms with E-state index in [1.165, 1.54) is 4.68 Å². The zero-order valence-electron chi connectivity index (χ0n) is 10.5. The molecule has 2 heterocycles. The van der Waals surface area contributed by atoms with Crippen molar-refractivity contribution < 1.29 is 19.4 Å². The van der Waals surface area contributed by atoms with Gasteiger partial charge in [-0.15, -0.1) is 5.10 Å². The van der Waals surface area contributed by atoms with Crippen LogP contribution >= 0.6 is 0 Å². The second-order valence-electron chi connectivity index (χ2n) is 4.20. The van der Waals surface area contributed by atoms with E-state index in [0.29, 0.717) is 36.1 Å². The van der Waals surface area contributed by atoms with Crippen LogP contribution in [0.25, 0.3) is 11.4 Å². The zero-order chi connectivity index (χ0) is 13.9. The molecule has 1 aliphatic heterocycles. The van der Waals surface area contributed by atoms with Gasteiger partial charge >= 0.3 is 5.97 Å². The SMILES string of the molecule is O=C(O)CCn1nnnc1-c1cccc2c1OCCO2. The average Bonchev–Trinajstić information content (AvgIpc) is 2.92. The summed E-state index contributed by atoms with van der Waals surface area (Å²) in [7, 11) is 0. The molecule has 1 aromatic carbocycles. The smallest absolute Gasteiger partial charge is 0.305 e. The van der Waals surface area contributed by atoms with Crippen LogP contribution in [0.4, 0.5) is 0 Å². The van der Waals surface area contributed by atoms with Gasteiger partial charge < -0.3 is 14.6 Å². The number of tetrazole rings is 1. The number of aryl methyl sites for hydroxylation is 1. The number of carboxylic acid groups (broad SMARTS) is 1. The Morgan fingerprint density at radius 3 is 3.05 bits per heavy atom. The van der Waals surface area contributed by atoms with Crippen LogP contribution in [0.15, 0.2) is 18.2 Å². The van der Waals surface area contributed by atoms with Crippen LogP contribution < -0.4 is 9.47 Å². The summed E-state index contributed by atoms with van der Waals surface area (Å²) < 4.78 is 12.6. The fourth-order valence-corrected chi connectivity index (χ4v) is 2.00. The summed E-state index contributed by atoms with van der Waals surface area (Å²) in [5.41, 5.74) is 0.692. The predicted molar refractivity (Wildman–Crippen MR) is 66.5 cm³/mol. The van der Waals surface area contributed by atoms with Gasteiger partial charge in [0.25, 0.3) is 0 Å². The Kier molecular flexibility index (Phi) is 3.20. The lowest BCUT2D eigenvalue weighted by Crippen LogP contribution is -2.16. The van der Waals surface area contributed by atoms with Crippen LogP contribution in [0.3, 0.4) is 0 Å². The molecule has 0 radical (unpaired) electrons. The number of para-hydroxylation sites is 1. The topological polar surface area (TPSA) is 99.4 Å². The molecule has 0 saturated heterocycles. The fourth-order valence-electron chi connectivity index (χ4n) is 2.00. The third kappa shape index (κ3) is 2.27. The fraction of sp³-hybridized carbons (Fsp3) is 0.333. The van der Waals surface area contributed by atoms with Crippen molar-refractivity contribution in [2.24, 2.45) is 0 Å². The van der Waals surface area contributed by atoms with E-state index in [9.17, 15) is 4.79 Å². The lowest BCUT2D eigenvalue weighted by Gasteiger charge is -2.20. The van der Waals surface area contributed by atoms with Gasteiger partial charge in [0.2, 0.25) is 0 Å². The molecule has 20 heavy (non-hydrogen) atoms. The molecule has 1 aliphatic rings. The Morgan fingerprint density at radius 2 is 2.20 bits per heavy atom. The Balaban J connectivity index is 1.97. The molecule has 104 valence electrons.